The number of ether oxygens (including phenoxy) is 1. The van der Waals surface area contributed by atoms with Crippen molar-refractivity contribution in [3.63, 3.8) is 0 Å². The molecule has 0 aliphatic heterocycles. The van der Waals surface area contributed by atoms with Crippen LogP contribution in [0.4, 0.5) is 24.9 Å². The molecule has 34 heavy (non-hydrogen) atoms. The minimum absolute atomic E-state index is 0.256. The van der Waals surface area contributed by atoms with Gasteiger partial charge in [0.25, 0.3) is 0 Å². The number of nitrogens with one attached hydrogen (secondary N) is 3. The number of alkyl halides is 3. The molecule has 174 valence electrons. The number of aromatic nitrogens is 4. The molecule has 0 aliphatic rings. The number of aryl methyl sites for hydroxylation is 1. The molecule has 5 N–H and O–H groups in total. The summed E-state index contributed by atoms with van der Waals surface area (Å²) in [6.45, 7) is 2.47. The van der Waals surface area contributed by atoms with E-state index in [1.165, 1.54) is 12.1 Å². The van der Waals surface area contributed by atoms with Gasteiger partial charge in [-0.2, -0.15) is 4.98 Å². The van der Waals surface area contributed by atoms with Gasteiger partial charge in [-0.15, -0.1) is 13.2 Å². The van der Waals surface area contributed by atoms with Gasteiger partial charge in [0.15, 0.2) is 0 Å². The third-order valence-electron chi connectivity index (χ3n) is 5.53. The zero-order valence-corrected chi connectivity index (χ0v) is 18.1. The fourth-order valence-corrected chi connectivity index (χ4v) is 4.02. The maximum absolute atomic E-state index is 12.5. The van der Waals surface area contributed by atoms with E-state index in [2.05, 4.69) is 36.1 Å². The van der Waals surface area contributed by atoms with E-state index in [0.717, 1.165) is 38.8 Å². The van der Waals surface area contributed by atoms with Crippen molar-refractivity contribution >= 4 is 33.6 Å². The highest BCUT2D eigenvalue weighted by Crippen LogP contribution is 2.29. The highest BCUT2D eigenvalue weighted by molar-refractivity contribution is 5.88. The molecule has 0 saturated heterocycles. The number of halogens is 3. The summed E-state index contributed by atoms with van der Waals surface area (Å²) in [7, 11) is 0. The highest BCUT2D eigenvalue weighted by Gasteiger charge is 2.31. The van der Waals surface area contributed by atoms with Crippen LogP contribution in [0.2, 0.25) is 0 Å². The lowest BCUT2D eigenvalue weighted by Crippen LogP contribution is -2.17. The van der Waals surface area contributed by atoms with E-state index in [4.69, 9.17) is 5.73 Å². The summed E-state index contributed by atoms with van der Waals surface area (Å²) in [5, 5.41) is 4.86. The van der Waals surface area contributed by atoms with Crippen molar-refractivity contribution in [2.45, 2.75) is 19.7 Å². The van der Waals surface area contributed by atoms with E-state index in [1.54, 1.807) is 18.5 Å². The maximum atomic E-state index is 12.5. The molecule has 10 heteroatoms. The van der Waals surface area contributed by atoms with Crippen LogP contribution in [0.25, 0.3) is 32.9 Å². The number of rotatable bonds is 6. The van der Waals surface area contributed by atoms with Gasteiger partial charge >= 0.3 is 6.36 Å². The van der Waals surface area contributed by atoms with Crippen molar-refractivity contribution in [1.29, 1.82) is 0 Å². The molecule has 0 fully saturated rings. The first-order chi connectivity index (χ1) is 16.2. The van der Waals surface area contributed by atoms with Crippen LogP contribution in [0.1, 0.15) is 11.3 Å². The molecule has 5 aromatic rings. The maximum Gasteiger partial charge on any atom is 0.573 e. The van der Waals surface area contributed by atoms with Gasteiger partial charge in [0, 0.05) is 52.0 Å². The van der Waals surface area contributed by atoms with Gasteiger partial charge in [-0.1, -0.05) is 6.07 Å². The molecule has 0 saturated carbocycles. The number of hydrogen-bond donors (Lipinski definition) is 4. The zero-order chi connectivity index (χ0) is 23.9. The second kappa shape index (κ2) is 8.29. The van der Waals surface area contributed by atoms with Crippen LogP contribution >= 0.6 is 0 Å². The molecule has 7 nitrogen and oxygen atoms in total. The summed E-state index contributed by atoms with van der Waals surface area (Å²) in [5.74, 6) is 0.472. The van der Waals surface area contributed by atoms with Crippen LogP contribution in [-0.2, 0) is 6.42 Å². The lowest BCUT2D eigenvalue weighted by molar-refractivity contribution is -0.274. The fraction of sp³-hybridized carbons (Fsp3) is 0.167. The number of anilines is 2. The Kier molecular flexibility index (Phi) is 5.27. The Morgan fingerprint density at radius 3 is 2.71 bits per heavy atom. The first-order valence-electron chi connectivity index (χ1n) is 10.6. The molecule has 0 radical (unpaired) electrons. The van der Waals surface area contributed by atoms with Gasteiger partial charge < -0.3 is 25.8 Å². The number of H-pyrrole nitrogens is 2. The predicted molar refractivity (Wildman–Crippen MR) is 126 cm³/mol. The first kappa shape index (κ1) is 21.6. The van der Waals surface area contributed by atoms with Crippen LogP contribution in [0.3, 0.4) is 0 Å². The summed E-state index contributed by atoms with van der Waals surface area (Å²) in [6, 6.07) is 12.3. The molecule has 0 amide bonds. The lowest BCUT2D eigenvalue weighted by Gasteiger charge is -2.10. The molecule has 0 unspecified atom stereocenters. The Hall–Kier alpha value is -4.21. The monoisotopic (exact) mass is 466 g/mol. The largest absolute Gasteiger partial charge is 0.573 e. The minimum Gasteiger partial charge on any atom is -0.406 e. The third-order valence-corrected chi connectivity index (χ3v) is 5.53. The molecular weight excluding hydrogens is 445 g/mol. The SMILES string of the molecule is Cc1cc2cc(-c3cnc(NCCc4c[nH]c5ccc(OC(F)(F)F)cc45)nc3N)ccc2[nH]1. The summed E-state index contributed by atoms with van der Waals surface area (Å²) in [6.07, 6.45) is -0.760. The van der Waals surface area contributed by atoms with Crippen LogP contribution in [0, 0.1) is 6.92 Å². The van der Waals surface area contributed by atoms with Gasteiger partial charge in [-0.25, -0.2) is 4.98 Å². The normalized spacial score (nSPS) is 11.9. The van der Waals surface area contributed by atoms with Crippen LogP contribution in [0.15, 0.2) is 54.9 Å². The number of aromatic amines is 2. The van der Waals surface area contributed by atoms with E-state index >= 15 is 0 Å². The van der Waals surface area contributed by atoms with Crippen molar-refractivity contribution in [3.8, 4) is 16.9 Å². The molecular formula is C24H21F3N6O. The first-order valence-corrected chi connectivity index (χ1v) is 10.6. The highest BCUT2D eigenvalue weighted by atomic mass is 19.4. The summed E-state index contributed by atoms with van der Waals surface area (Å²) < 4.78 is 41.6. The van der Waals surface area contributed by atoms with Crippen molar-refractivity contribution in [3.05, 3.63) is 66.1 Å². The number of fused-ring (bicyclic) bond motifs is 2. The Balaban J connectivity index is 1.28. The Bertz CT molecular complexity index is 1490. The average Bonchev–Trinajstić information content (AvgIpc) is 3.34. The van der Waals surface area contributed by atoms with Gasteiger partial charge in [-0.05, 0) is 60.9 Å². The van der Waals surface area contributed by atoms with E-state index < -0.39 is 6.36 Å². The predicted octanol–water partition coefficient (Wildman–Crippen LogP) is 5.55. The fourth-order valence-electron chi connectivity index (χ4n) is 4.02. The van der Waals surface area contributed by atoms with Gasteiger partial charge in [0.2, 0.25) is 5.95 Å². The van der Waals surface area contributed by atoms with E-state index in [-0.39, 0.29) is 5.75 Å². The molecule has 3 aromatic heterocycles. The molecule has 0 spiro atoms. The number of hydrogen-bond acceptors (Lipinski definition) is 5. The summed E-state index contributed by atoms with van der Waals surface area (Å²) in [5.41, 5.74) is 11.6. The van der Waals surface area contributed by atoms with Crippen LogP contribution in [-0.4, -0.2) is 32.8 Å². The van der Waals surface area contributed by atoms with E-state index in [1.807, 2.05) is 25.1 Å². The zero-order valence-electron chi connectivity index (χ0n) is 18.1. The number of nitrogens with two attached hydrogens (primary N) is 1. The average molecular weight is 466 g/mol. The lowest BCUT2D eigenvalue weighted by atomic mass is 10.1. The number of benzene rings is 2. The molecule has 2 aromatic carbocycles. The summed E-state index contributed by atoms with van der Waals surface area (Å²) in [4.78, 5) is 15.1. The Labute approximate surface area is 192 Å². The number of nitrogens with zero attached hydrogens (tertiary/aromatic N) is 2. The van der Waals surface area contributed by atoms with Crippen molar-refractivity contribution in [2.75, 3.05) is 17.6 Å². The van der Waals surface area contributed by atoms with Crippen molar-refractivity contribution < 1.29 is 17.9 Å². The van der Waals surface area contributed by atoms with Gasteiger partial charge in [-0.3, -0.25) is 0 Å². The van der Waals surface area contributed by atoms with E-state index in [0.29, 0.717) is 30.1 Å². The summed E-state index contributed by atoms with van der Waals surface area (Å²) >= 11 is 0. The topological polar surface area (TPSA) is 105 Å². The van der Waals surface area contributed by atoms with Crippen LogP contribution < -0.4 is 15.8 Å². The third kappa shape index (κ3) is 4.47. The molecule has 0 atom stereocenters. The minimum atomic E-state index is -4.73. The van der Waals surface area contributed by atoms with Crippen molar-refractivity contribution in [2.24, 2.45) is 0 Å². The molecule has 0 bridgehead atoms. The Morgan fingerprint density at radius 2 is 1.91 bits per heavy atom. The van der Waals surface area contributed by atoms with Crippen molar-refractivity contribution in [1.82, 2.24) is 19.9 Å². The smallest absolute Gasteiger partial charge is 0.406 e. The molecule has 5 rings (SSSR count). The van der Waals surface area contributed by atoms with Crippen LogP contribution in [0.5, 0.6) is 5.75 Å². The second-order valence-electron chi connectivity index (χ2n) is 7.99. The quantitative estimate of drug-likeness (QED) is 0.263. The molecule has 0 aliphatic carbocycles. The van der Waals surface area contributed by atoms with E-state index in [9.17, 15) is 13.2 Å². The molecule has 3 heterocycles. The van der Waals surface area contributed by atoms with Gasteiger partial charge in [0.1, 0.15) is 11.6 Å². The standard InChI is InChI=1S/C24H21F3N6O/c1-13-8-16-9-14(2-4-20(16)32-13)19-12-31-23(33-22(19)28)29-7-6-15-11-30-21-5-3-17(10-18(15)21)34-24(25,26)27/h2-5,8-12,30,32H,6-7H2,1H3,(H3,28,29,31,33). The Morgan fingerprint density at radius 1 is 1.09 bits per heavy atom. The number of nitrogen functional groups attached to an aromatic ring is 1. The van der Waals surface area contributed by atoms with Gasteiger partial charge in [0.05, 0.1) is 0 Å². The second-order valence-corrected chi connectivity index (χ2v) is 7.99.